The van der Waals surface area contributed by atoms with Crippen LogP contribution >= 0.6 is 0 Å². The van der Waals surface area contributed by atoms with Gasteiger partial charge < -0.3 is 10.2 Å². The summed E-state index contributed by atoms with van der Waals surface area (Å²) in [6, 6.07) is 15.5. The smallest absolute Gasteiger partial charge is 0.303 e. The van der Waals surface area contributed by atoms with Gasteiger partial charge >= 0.3 is 11.9 Å². The standard InChI is InChI=1S/2C6H5N3.C4H6O4/c2*1-2-4-6-5(3-1)7-9-8-6;5-3(6)1-2-4(7)8/h2*1-4H,(H,7,8,9);1-2H2,(H,5,6)(H,7,8). The molecule has 0 amide bonds. The highest BCUT2D eigenvalue weighted by molar-refractivity contribution is 5.75. The van der Waals surface area contributed by atoms with E-state index in [-0.39, 0.29) is 12.8 Å². The first-order chi connectivity index (χ1) is 12.6. The van der Waals surface area contributed by atoms with E-state index in [1.54, 1.807) is 0 Å². The second kappa shape index (κ2) is 9.47. The van der Waals surface area contributed by atoms with Gasteiger partial charge in [-0.3, -0.25) is 19.8 Å². The lowest BCUT2D eigenvalue weighted by Gasteiger charge is -1.85. The van der Waals surface area contributed by atoms with Gasteiger partial charge in [0.05, 0.1) is 23.9 Å². The summed E-state index contributed by atoms with van der Waals surface area (Å²) in [5.41, 5.74) is 3.80. The molecule has 26 heavy (non-hydrogen) atoms. The lowest BCUT2D eigenvalue weighted by molar-refractivity contribution is -0.143. The maximum Gasteiger partial charge on any atom is 0.303 e. The van der Waals surface area contributed by atoms with E-state index in [0.29, 0.717) is 0 Å². The van der Waals surface area contributed by atoms with Crippen LogP contribution in [-0.2, 0) is 9.59 Å². The summed E-state index contributed by atoms with van der Waals surface area (Å²) < 4.78 is 0. The first kappa shape index (κ1) is 18.5. The van der Waals surface area contributed by atoms with Gasteiger partial charge in [0, 0.05) is 0 Å². The van der Waals surface area contributed by atoms with Crippen molar-refractivity contribution in [2.75, 3.05) is 0 Å². The lowest BCUT2D eigenvalue weighted by Crippen LogP contribution is -2.00. The van der Waals surface area contributed by atoms with Crippen LogP contribution in [0.4, 0.5) is 0 Å². The van der Waals surface area contributed by atoms with Crippen LogP contribution in [0.2, 0.25) is 0 Å². The summed E-state index contributed by atoms with van der Waals surface area (Å²) in [7, 11) is 0. The Bertz CT molecular complexity index is 840. The van der Waals surface area contributed by atoms with E-state index in [9.17, 15) is 9.59 Å². The number of benzene rings is 2. The highest BCUT2D eigenvalue weighted by atomic mass is 16.4. The predicted octanol–water partition coefficient (Wildman–Crippen LogP) is 1.85. The number of aromatic amines is 2. The van der Waals surface area contributed by atoms with Crippen LogP contribution < -0.4 is 0 Å². The molecule has 0 spiro atoms. The largest absolute Gasteiger partial charge is 0.481 e. The number of carboxylic acid groups (broad SMARTS) is 2. The van der Waals surface area contributed by atoms with Crippen molar-refractivity contribution in [1.82, 2.24) is 30.8 Å². The van der Waals surface area contributed by atoms with Gasteiger partial charge in [0.1, 0.15) is 11.0 Å². The fourth-order valence-corrected chi connectivity index (χ4v) is 1.79. The SMILES string of the molecule is O=C(O)CCC(=O)O.c1ccc2[nH]nnc2c1.c1ccc2[nH]nnc2c1. The molecule has 0 aliphatic rings. The number of carbonyl (C=O) groups is 2. The van der Waals surface area contributed by atoms with Gasteiger partial charge in [-0.1, -0.05) is 34.7 Å². The third-order valence-corrected chi connectivity index (χ3v) is 3.02. The number of para-hydroxylation sites is 2. The topological polar surface area (TPSA) is 158 Å². The van der Waals surface area contributed by atoms with Crippen LogP contribution in [0.15, 0.2) is 48.5 Å². The van der Waals surface area contributed by atoms with Gasteiger partial charge in [0.15, 0.2) is 0 Å². The first-order valence-electron chi connectivity index (χ1n) is 7.51. The maximum atomic E-state index is 9.64. The number of hydrogen-bond donors (Lipinski definition) is 4. The van der Waals surface area contributed by atoms with E-state index in [0.717, 1.165) is 22.1 Å². The number of nitrogens with zero attached hydrogens (tertiary/aromatic N) is 4. The Balaban J connectivity index is 0.000000141. The number of aliphatic carboxylic acids is 2. The molecular weight excluding hydrogens is 340 g/mol. The van der Waals surface area contributed by atoms with Crippen molar-refractivity contribution in [3.63, 3.8) is 0 Å². The zero-order valence-corrected chi connectivity index (χ0v) is 13.5. The molecule has 0 aliphatic carbocycles. The molecule has 0 bridgehead atoms. The minimum absolute atomic E-state index is 0.296. The van der Waals surface area contributed by atoms with Crippen LogP contribution in [0.1, 0.15) is 12.8 Å². The predicted molar refractivity (Wildman–Crippen MR) is 92.3 cm³/mol. The summed E-state index contributed by atoms with van der Waals surface area (Å²) in [6.07, 6.45) is -0.593. The lowest BCUT2D eigenvalue weighted by atomic mass is 10.3. The average Bonchev–Trinajstić information content (AvgIpc) is 3.30. The fraction of sp³-hybridized carbons (Fsp3) is 0.125. The minimum Gasteiger partial charge on any atom is -0.481 e. The molecule has 4 rings (SSSR count). The van der Waals surface area contributed by atoms with Crippen LogP contribution in [-0.4, -0.2) is 53.0 Å². The molecule has 0 radical (unpaired) electrons. The van der Waals surface area contributed by atoms with Crippen LogP contribution in [0, 0.1) is 0 Å². The molecule has 0 atom stereocenters. The Kier molecular flexibility index (Phi) is 6.74. The van der Waals surface area contributed by atoms with Gasteiger partial charge in [0.25, 0.3) is 0 Å². The molecule has 10 nitrogen and oxygen atoms in total. The Labute approximate surface area is 146 Å². The maximum absolute atomic E-state index is 9.64. The van der Waals surface area contributed by atoms with Crippen LogP contribution in [0.5, 0.6) is 0 Å². The van der Waals surface area contributed by atoms with Gasteiger partial charge in [-0.25, -0.2) is 0 Å². The van der Waals surface area contributed by atoms with Crippen molar-refractivity contribution in [2.24, 2.45) is 0 Å². The summed E-state index contributed by atoms with van der Waals surface area (Å²) in [5, 5.41) is 36.2. The van der Waals surface area contributed by atoms with Crippen molar-refractivity contribution >= 4 is 34.0 Å². The highest BCUT2D eigenvalue weighted by Crippen LogP contribution is 2.04. The Hall–Kier alpha value is -3.82. The molecule has 0 fully saturated rings. The number of hydrogen-bond acceptors (Lipinski definition) is 6. The van der Waals surface area contributed by atoms with Crippen molar-refractivity contribution in [3.8, 4) is 0 Å². The molecule has 4 aromatic rings. The Morgan fingerprint density at radius 1 is 0.731 bits per heavy atom. The number of carboxylic acids is 2. The molecule has 10 heteroatoms. The van der Waals surface area contributed by atoms with Crippen molar-refractivity contribution in [3.05, 3.63) is 48.5 Å². The van der Waals surface area contributed by atoms with E-state index in [2.05, 4.69) is 30.8 Å². The van der Waals surface area contributed by atoms with E-state index in [1.807, 2.05) is 48.5 Å². The Morgan fingerprint density at radius 3 is 1.46 bits per heavy atom. The number of aromatic nitrogens is 6. The van der Waals surface area contributed by atoms with Crippen molar-refractivity contribution < 1.29 is 19.8 Å². The third-order valence-electron chi connectivity index (χ3n) is 3.02. The highest BCUT2D eigenvalue weighted by Gasteiger charge is 2.00. The van der Waals surface area contributed by atoms with Crippen LogP contribution in [0.3, 0.4) is 0 Å². The zero-order valence-electron chi connectivity index (χ0n) is 13.5. The second-order valence-electron chi connectivity index (χ2n) is 4.95. The molecule has 0 aliphatic heterocycles. The monoisotopic (exact) mass is 356 g/mol. The van der Waals surface area contributed by atoms with E-state index in [1.165, 1.54) is 0 Å². The summed E-state index contributed by atoms with van der Waals surface area (Å²) >= 11 is 0. The number of rotatable bonds is 3. The second-order valence-corrected chi connectivity index (χ2v) is 4.95. The Morgan fingerprint density at radius 2 is 1.12 bits per heavy atom. The fourth-order valence-electron chi connectivity index (χ4n) is 1.79. The third kappa shape index (κ3) is 6.00. The quantitative estimate of drug-likeness (QED) is 0.433. The van der Waals surface area contributed by atoms with Crippen LogP contribution in [0.25, 0.3) is 22.1 Å². The zero-order chi connectivity index (χ0) is 18.8. The summed E-state index contributed by atoms with van der Waals surface area (Å²) in [6.45, 7) is 0. The van der Waals surface area contributed by atoms with Gasteiger partial charge in [-0.05, 0) is 24.3 Å². The average molecular weight is 356 g/mol. The number of fused-ring (bicyclic) bond motifs is 2. The number of nitrogens with one attached hydrogen (secondary N) is 2. The van der Waals surface area contributed by atoms with E-state index >= 15 is 0 Å². The molecule has 134 valence electrons. The number of H-pyrrole nitrogens is 2. The van der Waals surface area contributed by atoms with Crippen molar-refractivity contribution in [2.45, 2.75) is 12.8 Å². The normalized spacial score (nSPS) is 9.69. The molecule has 2 aromatic carbocycles. The minimum atomic E-state index is -1.08. The molecule has 0 unspecified atom stereocenters. The molecular formula is C16H16N6O4. The van der Waals surface area contributed by atoms with Gasteiger partial charge in [-0.15, -0.1) is 10.2 Å². The summed E-state index contributed by atoms with van der Waals surface area (Å²) in [4.78, 5) is 19.3. The summed E-state index contributed by atoms with van der Waals surface area (Å²) in [5.74, 6) is -2.15. The van der Waals surface area contributed by atoms with Gasteiger partial charge in [-0.2, -0.15) is 0 Å². The van der Waals surface area contributed by atoms with E-state index < -0.39 is 11.9 Å². The molecule has 2 heterocycles. The van der Waals surface area contributed by atoms with Crippen molar-refractivity contribution in [1.29, 1.82) is 0 Å². The molecule has 4 N–H and O–H groups in total. The van der Waals surface area contributed by atoms with Gasteiger partial charge in [0.2, 0.25) is 0 Å². The molecule has 0 saturated carbocycles. The first-order valence-corrected chi connectivity index (χ1v) is 7.51. The molecule has 0 saturated heterocycles. The molecule has 2 aromatic heterocycles. The van der Waals surface area contributed by atoms with E-state index in [4.69, 9.17) is 10.2 Å².